The molecule has 0 amide bonds. The highest BCUT2D eigenvalue weighted by Crippen LogP contribution is 2.32. The van der Waals surface area contributed by atoms with E-state index < -0.39 is 0 Å². The Morgan fingerprint density at radius 3 is 2.64 bits per heavy atom. The Kier molecular flexibility index (Phi) is 3.38. The van der Waals surface area contributed by atoms with Crippen LogP contribution in [0, 0.1) is 11.8 Å². The Morgan fingerprint density at radius 1 is 1.45 bits per heavy atom. The molecule has 0 saturated heterocycles. The smallest absolute Gasteiger partial charge is 0.00990 e. The maximum Gasteiger partial charge on any atom is 0.00990 e. The van der Waals surface area contributed by atoms with Crippen molar-refractivity contribution in [3.63, 3.8) is 0 Å². The van der Waals surface area contributed by atoms with Gasteiger partial charge >= 0.3 is 0 Å². The van der Waals surface area contributed by atoms with Crippen LogP contribution in [0.3, 0.4) is 0 Å². The molecule has 11 heavy (non-hydrogen) atoms. The summed E-state index contributed by atoms with van der Waals surface area (Å²) in [6.07, 6.45) is 4.11. The van der Waals surface area contributed by atoms with E-state index in [-0.39, 0.29) is 0 Å². The molecule has 1 fully saturated rings. The molecule has 0 radical (unpaired) electrons. The molecule has 0 aromatic carbocycles. The minimum Gasteiger partial charge on any atom is -0.314 e. The molecule has 1 aliphatic carbocycles. The first kappa shape index (κ1) is 9.05. The number of nitrogens with one attached hydrogen (secondary N) is 1. The second-order valence-corrected chi connectivity index (χ2v) is 4.15. The van der Waals surface area contributed by atoms with E-state index in [9.17, 15) is 0 Å². The molecule has 1 aliphatic rings. The molecule has 2 atom stereocenters. The van der Waals surface area contributed by atoms with Crippen LogP contribution in [-0.2, 0) is 0 Å². The lowest BCUT2D eigenvalue weighted by atomic mass is 10.1. The fourth-order valence-electron chi connectivity index (χ4n) is 1.51. The second-order valence-electron chi connectivity index (χ2n) is 4.15. The van der Waals surface area contributed by atoms with E-state index in [1.54, 1.807) is 0 Å². The van der Waals surface area contributed by atoms with E-state index in [0.29, 0.717) is 0 Å². The van der Waals surface area contributed by atoms with Gasteiger partial charge in [-0.1, -0.05) is 27.2 Å². The fraction of sp³-hybridized carbons (Fsp3) is 1.00. The maximum absolute atomic E-state index is 3.59. The molecule has 0 aromatic heterocycles. The van der Waals surface area contributed by atoms with Crippen LogP contribution in [0.25, 0.3) is 0 Å². The van der Waals surface area contributed by atoms with Crippen LogP contribution in [0.5, 0.6) is 0 Å². The van der Waals surface area contributed by atoms with Crippen LogP contribution in [0.4, 0.5) is 0 Å². The summed E-state index contributed by atoms with van der Waals surface area (Å²) in [7, 11) is 0. The monoisotopic (exact) mass is 155 g/mol. The first-order valence-electron chi connectivity index (χ1n) is 4.97. The third-order valence-corrected chi connectivity index (χ3v) is 2.58. The third kappa shape index (κ3) is 3.24. The molecule has 1 saturated carbocycles. The molecule has 1 nitrogen and oxygen atoms in total. The predicted octanol–water partition coefficient (Wildman–Crippen LogP) is 2.42. The summed E-state index contributed by atoms with van der Waals surface area (Å²) in [4.78, 5) is 0. The van der Waals surface area contributed by atoms with Gasteiger partial charge in [-0.05, 0) is 31.2 Å². The van der Waals surface area contributed by atoms with Crippen LogP contribution < -0.4 is 5.32 Å². The van der Waals surface area contributed by atoms with Gasteiger partial charge in [-0.2, -0.15) is 0 Å². The van der Waals surface area contributed by atoms with Gasteiger partial charge in [-0.15, -0.1) is 0 Å². The summed E-state index contributed by atoms with van der Waals surface area (Å²) in [5.74, 6) is 1.85. The van der Waals surface area contributed by atoms with E-state index >= 15 is 0 Å². The summed E-state index contributed by atoms with van der Waals surface area (Å²) in [5, 5.41) is 3.59. The Balaban J connectivity index is 1.90. The van der Waals surface area contributed by atoms with Crippen LogP contribution in [0.2, 0.25) is 0 Å². The van der Waals surface area contributed by atoms with Crippen molar-refractivity contribution in [2.24, 2.45) is 11.8 Å². The summed E-state index contributed by atoms with van der Waals surface area (Å²) in [5.41, 5.74) is 0. The standard InChI is InChI=1S/C10H21N/c1-4-9-7-10(9)11-6-5-8(2)3/h8-11H,4-7H2,1-3H3. The van der Waals surface area contributed by atoms with Gasteiger partial charge in [0.1, 0.15) is 0 Å². The predicted molar refractivity (Wildman–Crippen MR) is 49.6 cm³/mol. The molecule has 0 spiro atoms. The lowest BCUT2D eigenvalue weighted by Crippen LogP contribution is -2.20. The van der Waals surface area contributed by atoms with Gasteiger partial charge in [-0.25, -0.2) is 0 Å². The van der Waals surface area contributed by atoms with Crippen LogP contribution in [0.1, 0.15) is 40.0 Å². The number of rotatable bonds is 5. The molecular weight excluding hydrogens is 134 g/mol. The molecule has 1 rings (SSSR count). The topological polar surface area (TPSA) is 12.0 Å². The average molecular weight is 155 g/mol. The SMILES string of the molecule is CCC1CC1NCCC(C)C. The van der Waals surface area contributed by atoms with Gasteiger partial charge in [0.15, 0.2) is 0 Å². The van der Waals surface area contributed by atoms with Crippen molar-refractivity contribution in [1.82, 2.24) is 5.32 Å². The van der Waals surface area contributed by atoms with Crippen molar-refractivity contribution < 1.29 is 0 Å². The van der Waals surface area contributed by atoms with Crippen LogP contribution in [0.15, 0.2) is 0 Å². The van der Waals surface area contributed by atoms with Crippen molar-refractivity contribution in [3.8, 4) is 0 Å². The summed E-state index contributed by atoms with van der Waals surface area (Å²) < 4.78 is 0. The van der Waals surface area contributed by atoms with E-state index in [1.807, 2.05) is 0 Å². The summed E-state index contributed by atoms with van der Waals surface area (Å²) in [6, 6.07) is 0.874. The van der Waals surface area contributed by atoms with Crippen molar-refractivity contribution in [3.05, 3.63) is 0 Å². The van der Waals surface area contributed by atoms with Crippen molar-refractivity contribution in [1.29, 1.82) is 0 Å². The van der Waals surface area contributed by atoms with Gasteiger partial charge in [0.25, 0.3) is 0 Å². The Hall–Kier alpha value is -0.0400. The third-order valence-electron chi connectivity index (χ3n) is 2.58. The Bertz CT molecular complexity index is 109. The summed E-state index contributed by atoms with van der Waals surface area (Å²) >= 11 is 0. The van der Waals surface area contributed by atoms with E-state index in [4.69, 9.17) is 0 Å². The first-order valence-corrected chi connectivity index (χ1v) is 4.97. The van der Waals surface area contributed by atoms with Crippen molar-refractivity contribution in [2.45, 2.75) is 46.1 Å². The molecule has 1 N–H and O–H groups in total. The minimum atomic E-state index is 0.848. The lowest BCUT2D eigenvalue weighted by Gasteiger charge is -2.05. The molecule has 2 unspecified atom stereocenters. The molecule has 0 aliphatic heterocycles. The van der Waals surface area contributed by atoms with E-state index in [0.717, 1.165) is 17.9 Å². The number of hydrogen-bond donors (Lipinski definition) is 1. The normalized spacial score (nSPS) is 29.5. The van der Waals surface area contributed by atoms with Crippen molar-refractivity contribution >= 4 is 0 Å². The van der Waals surface area contributed by atoms with Crippen LogP contribution >= 0.6 is 0 Å². The molecule has 66 valence electrons. The minimum absolute atomic E-state index is 0.848. The fourth-order valence-corrected chi connectivity index (χ4v) is 1.51. The lowest BCUT2D eigenvalue weighted by molar-refractivity contribution is 0.523. The largest absolute Gasteiger partial charge is 0.314 e. The highest BCUT2D eigenvalue weighted by atomic mass is 15.0. The molecule has 0 heterocycles. The van der Waals surface area contributed by atoms with Crippen molar-refractivity contribution in [2.75, 3.05) is 6.54 Å². The highest BCUT2D eigenvalue weighted by molar-refractivity contribution is 4.91. The van der Waals surface area contributed by atoms with E-state index in [2.05, 4.69) is 26.1 Å². The zero-order valence-electron chi connectivity index (χ0n) is 8.06. The molecular formula is C10H21N. The second kappa shape index (κ2) is 4.10. The Morgan fingerprint density at radius 2 is 2.18 bits per heavy atom. The van der Waals surface area contributed by atoms with Gasteiger partial charge < -0.3 is 5.32 Å². The first-order chi connectivity index (χ1) is 5.24. The zero-order valence-corrected chi connectivity index (χ0v) is 8.06. The zero-order chi connectivity index (χ0) is 8.27. The van der Waals surface area contributed by atoms with E-state index in [1.165, 1.54) is 25.8 Å². The maximum atomic E-state index is 3.59. The van der Waals surface area contributed by atoms with Gasteiger partial charge in [0.2, 0.25) is 0 Å². The molecule has 0 bridgehead atoms. The quantitative estimate of drug-likeness (QED) is 0.643. The van der Waals surface area contributed by atoms with Crippen LogP contribution in [-0.4, -0.2) is 12.6 Å². The van der Waals surface area contributed by atoms with Gasteiger partial charge in [0.05, 0.1) is 0 Å². The average Bonchev–Trinajstić information content (AvgIpc) is 2.66. The number of hydrogen-bond acceptors (Lipinski definition) is 1. The Labute approximate surface area is 70.6 Å². The highest BCUT2D eigenvalue weighted by Gasteiger charge is 2.34. The van der Waals surface area contributed by atoms with Gasteiger partial charge in [-0.3, -0.25) is 0 Å². The van der Waals surface area contributed by atoms with Gasteiger partial charge in [0, 0.05) is 6.04 Å². The summed E-state index contributed by atoms with van der Waals surface area (Å²) in [6.45, 7) is 8.07. The molecule has 0 aromatic rings. The molecule has 1 heteroatoms.